The van der Waals surface area contributed by atoms with Gasteiger partial charge >= 0.3 is 0 Å². The first kappa shape index (κ1) is 8.74. The van der Waals surface area contributed by atoms with Gasteiger partial charge in [0, 0.05) is 19.8 Å². The molecule has 5 heteroatoms. The molecule has 1 aliphatic heterocycles. The SMILES string of the molecule is Cn1cc(N2CCC(Br)C2=O)cn1. The number of halogens is 1. The van der Waals surface area contributed by atoms with Crippen LogP contribution < -0.4 is 4.90 Å². The summed E-state index contributed by atoms with van der Waals surface area (Å²) in [6, 6.07) is 0. The minimum absolute atomic E-state index is 0.0206. The zero-order valence-electron chi connectivity index (χ0n) is 7.27. The van der Waals surface area contributed by atoms with Gasteiger partial charge in [0.25, 0.3) is 0 Å². The molecule has 70 valence electrons. The molecule has 1 saturated heterocycles. The maximum absolute atomic E-state index is 11.6. The van der Waals surface area contributed by atoms with Crippen LogP contribution in [0.15, 0.2) is 12.4 Å². The number of rotatable bonds is 1. The lowest BCUT2D eigenvalue weighted by Crippen LogP contribution is -2.26. The second-order valence-electron chi connectivity index (χ2n) is 3.12. The van der Waals surface area contributed by atoms with Crippen LogP contribution in [-0.4, -0.2) is 27.1 Å². The summed E-state index contributed by atoms with van der Waals surface area (Å²) in [4.78, 5) is 13.3. The fourth-order valence-electron chi connectivity index (χ4n) is 1.45. The molecule has 0 bridgehead atoms. The first-order chi connectivity index (χ1) is 6.18. The molecule has 0 aromatic carbocycles. The predicted octanol–water partition coefficient (Wildman–Crippen LogP) is 0.920. The number of carbonyl (C=O) groups excluding carboxylic acids is 1. The van der Waals surface area contributed by atoms with Crippen molar-refractivity contribution in [3.63, 3.8) is 0 Å². The third-order valence-electron chi connectivity index (χ3n) is 2.14. The highest BCUT2D eigenvalue weighted by atomic mass is 79.9. The molecular formula is C8H10BrN3O. The van der Waals surface area contributed by atoms with Crippen LogP contribution in [-0.2, 0) is 11.8 Å². The highest BCUT2D eigenvalue weighted by molar-refractivity contribution is 9.10. The van der Waals surface area contributed by atoms with Gasteiger partial charge in [0.1, 0.15) is 0 Å². The van der Waals surface area contributed by atoms with Crippen LogP contribution in [0.1, 0.15) is 6.42 Å². The molecule has 2 heterocycles. The van der Waals surface area contributed by atoms with Gasteiger partial charge in [-0.15, -0.1) is 0 Å². The third kappa shape index (κ3) is 1.48. The van der Waals surface area contributed by atoms with E-state index >= 15 is 0 Å². The molecule has 1 aliphatic rings. The first-order valence-electron chi connectivity index (χ1n) is 4.12. The fraction of sp³-hybridized carbons (Fsp3) is 0.500. The summed E-state index contributed by atoms with van der Waals surface area (Å²) < 4.78 is 1.70. The normalized spacial score (nSPS) is 22.8. The fourth-order valence-corrected chi connectivity index (χ4v) is 1.90. The van der Waals surface area contributed by atoms with Gasteiger partial charge < -0.3 is 4.90 Å². The van der Waals surface area contributed by atoms with E-state index in [9.17, 15) is 4.79 Å². The average Bonchev–Trinajstić information content (AvgIpc) is 2.62. The number of aromatic nitrogens is 2. The number of carbonyl (C=O) groups is 1. The van der Waals surface area contributed by atoms with Crippen LogP contribution in [0.2, 0.25) is 0 Å². The predicted molar refractivity (Wildman–Crippen MR) is 52.9 cm³/mol. The molecule has 4 nitrogen and oxygen atoms in total. The van der Waals surface area contributed by atoms with Crippen molar-refractivity contribution in [3.05, 3.63) is 12.4 Å². The van der Waals surface area contributed by atoms with Gasteiger partial charge in [0.15, 0.2) is 0 Å². The molecule has 1 aromatic rings. The number of amides is 1. The Labute approximate surface area is 84.6 Å². The summed E-state index contributed by atoms with van der Waals surface area (Å²) in [5.41, 5.74) is 0.884. The van der Waals surface area contributed by atoms with Crippen molar-refractivity contribution in [2.24, 2.45) is 7.05 Å². The number of hydrogen-bond acceptors (Lipinski definition) is 2. The lowest BCUT2D eigenvalue weighted by molar-refractivity contribution is -0.116. The highest BCUT2D eigenvalue weighted by Gasteiger charge is 2.30. The third-order valence-corrected chi connectivity index (χ3v) is 2.99. The largest absolute Gasteiger partial charge is 0.308 e. The maximum atomic E-state index is 11.6. The Kier molecular flexibility index (Phi) is 2.11. The van der Waals surface area contributed by atoms with Gasteiger partial charge in [-0.2, -0.15) is 5.10 Å². The Morgan fingerprint density at radius 1 is 1.69 bits per heavy atom. The van der Waals surface area contributed by atoms with E-state index in [1.807, 2.05) is 13.2 Å². The number of hydrogen-bond donors (Lipinski definition) is 0. The summed E-state index contributed by atoms with van der Waals surface area (Å²) in [5, 5.41) is 4.03. The monoisotopic (exact) mass is 243 g/mol. The van der Waals surface area contributed by atoms with E-state index < -0.39 is 0 Å². The summed E-state index contributed by atoms with van der Waals surface area (Å²) in [5.74, 6) is 0.132. The quantitative estimate of drug-likeness (QED) is 0.689. The van der Waals surface area contributed by atoms with Crippen molar-refractivity contribution in [2.45, 2.75) is 11.2 Å². The van der Waals surface area contributed by atoms with E-state index in [4.69, 9.17) is 0 Å². The maximum Gasteiger partial charge on any atom is 0.240 e. The summed E-state index contributed by atoms with van der Waals surface area (Å²) in [6.45, 7) is 0.778. The van der Waals surface area contributed by atoms with Crippen molar-refractivity contribution in [2.75, 3.05) is 11.4 Å². The molecule has 1 unspecified atom stereocenters. The van der Waals surface area contributed by atoms with Gasteiger partial charge in [-0.05, 0) is 6.42 Å². The Bertz CT molecular complexity index is 336. The van der Waals surface area contributed by atoms with Crippen LogP contribution in [0.4, 0.5) is 5.69 Å². The zero-order valence-corrected chi connectivity index (χ0v) is 8.86. The van der Waals surface area contributed by atoms with Crippen molar-refractivity contribution < 1.29 is 4.79 Å². The van der Waals surface area contributed by atoms with E-state index in [2.05, 4.69) is 21.0 Å². The van der Waals surface area contributed by atoms with Crippen LogP contribution in [0, 0.1) is 0 Å². The molecule has 0 radical (unpaired) electrons. The Hall–Kier alpha value is -0.840. The molecule has 0 spiro atoms. The lowest BCUT2D eigenvalue weighted by atomic mass is 10.4. The second kappa shape index (κ2) is 3.14. The number of anilines is 1. The van der Waals surface area contributed by atoms with Crippen molar-refractivity contribution in [1.82, 2.24) is 9.78 Å². The molecule has 0 saturated carbocycles. The minimum Gasteiger partial charge on any atom is -0.308 e. The smallest absolute Gasteiger partial charge is 0.240 e. The van der Waals surface area contributed by atoms with Crippen LogP contribution in [0.25, 0.3) is 0 Å². The van der Waals surface area contributed by atoms with E-state index in [1.54, 1.807) is 15.8 Å². The van der Waals surface area contributed by atoms with Gasteiger partial charge in [0.2, 0.25) is 5.91 Å². The van der Waals surface area contributed by atoms with Gasteiger partial charge in [-0.1, -0.05) is 15.9 Å². The van der Waals surface area contributed by atoms with E-state index in [1.165, 1.54) is 0 Å². The number of aryl methyl sites for hydroxylation is 1. The lowest BCUT2D eigenvalue weighted by Gasteiger charge is -2.12. The molecule has 1 aromatic heterocycles. The topological polar surface area (TPSA) is 38.1 Å². The molecule has 1 amide bonds. The van der Waals surface area contributed by atoms with Gasteiger partial charge in [-0.3, -0.25) is 9.48 Å². The van der Waals surface area contributed by atoms with E-state index in [-0.39, 0.29) is 10.7 Å². The molecule has 0 aliphatic carbocycles. The van der Waals surface area contributed by atoms with Crippen LogP contribution >= 0.6 is 15.9 Å². The van der Waals surface area contributed by atoms with E-state index in [0.29, 0.717) is 0 Å². The molecule has 2 rings (SSSR count). The first-order valence-corrected chi connectivity index (χ1v) is 5.04. The van der Waals surface area contributed by atoms with Gasteiger partial charge in [-0.25, -0.2) is 0 Å². The Morgan fingerprint density at radius 3 is 2.92 bits per heavy atom. The van der Waals surface area contributed by atoms with Crippen molar-refractivity contribution in [3.8, 4) is 0 Å². The van der Waals surface area contributed by atoms with Crippen molar-refractivity contribution in [1.29, 1.82) is 0 Å². The number of alkyl halides is 1. The zero-order chi connectivity index (χ0) is 9.42. The second-order valence-corrected chi connectivity index (χ2v) is 4.22. The average molecular weight is 244 g/mol. The van der Waals surface area contributed by atoms with Crippen molar-refractivity contribution >= 4 is 27.5 Å². The molecule has 13 heavy (non-hydrogen) atoms. The summed E-state index contributed by atoms with van der Waals surface area (Å²) >= 11 is 3.33. The summed E-state index contributed by atoms with van der Waals surface area (Å²) in [6.07, 6.45) is 4.43. The van der Waals surface area contributed by atoms with Crippen LogP contribution in [0.3, 0.4) is 0 Å². The van der Waals surface area contributed by atoms with Crippen LogP contribution in [0.5, 0.6) is 0 Å². The highest BCUT2D eigenvalue weighted by Crippen LogP contribution is 2.24. The standard InChI is InChI=1S/C8H10BrN3O/c1-11-5-6(4-10-11)12-3-2-7(9)8(12)13/h4-5,7H,2-3H2,1H3. The molecule has 1 atom stereocenters. The Balaban J connectivity index is 2.23. The molecular weight excluding hydrogens is 234 g/mol. The van der Waals surface area contributed by atoms with E-state index in [0.717, 1.165) is 18.7 Å². The van der Waals surface area contributed by atoms with Gasteiger partial charge in [0.05, 0.1) is 16.7 Å². The summed E-state index contributed by atoms with van der Waals surface area (Å²) in [7, 11) is 1.84. The number of nitrogens with zero attached hydrogens (tertiary/aromatic N) is 3. The minimum atomic E-state index is -0.0206. The molecule has 1 fully saturated rings. The molecule has 0 N–H and O–H groups in total. The Morgan fingerprint density at radius 2 is 2.46 bits per heavy atom.